The fourth-order valence-corrected chi connectivity index (χ4v) is 6.69. The summed E-state index contributed by atoms with van der Waals surface area (Å²) in [7, 11) is -2.98. The van der Waals surface area contributed by atoms with Gasteiger partial charge in [-0.2, -0.15) is 0 Å². The topological polar surface area (TPSA) is 87.6 Å². The molecule has 0 aromatic heterocycles. The maximum atomic E-state index is 13.0. The molecule has 2 aliphatic heterocycles. The Labute approximate surface area is 160 Å². The summed E-state index contributed by atoms with van der Waals surface area (Å²) >= 11 is 1.42. The van der Waals surface area contributed by atoms with E-state index < -0.39 is 9.84 Å². The van der Waals surface area contributed by atoms with Crippen molar-refractivity contribution in [3.8, 4) is 0 Å². The minimum atomic E-state index is -2.98. The van der Waals surface area contributed by atoms with E-state index in [0.29, 0.717) is 22.1 Å². The van der Waals surface area contributed by atoms with Gasteiger partial charge in [0.2, 0.25) is 0 Å². The molecule has 2 aromatic carbocycles. The summed E-state index contributed by atoms with van der Waals surface area (Å²) in [6.45, 7) is 0. The number of thioether (sulfide) groups is 1. The summed E-state index contributed by atoms with van der Waals surface area (Å²) < 4.78 is 36.2. The van der Waals surface area contributed by atoms with Gasteiger partial charge in [0.15, 0.2) is 15.0 Å². The molecule has 0 radical (unpaired) electrons. The normalized spacial score (nSPS) is 22.8. The molecule has 9 heteroatoms. The number of anilines is 2. The fraction of sp³-hybridized carbons (Fsp3) is 0.222. The van der Waals surface area contributed by atoms with E-state index in [1.165, 1.54) is 36.0 Å². The Hall–Kier alpha value is -2.39. The smallest absolute Gasteiger partial charge is 0.255 e. The van der Waals surface area contributed by atoms with E-state index in [1.807, 2.05) is 6.07 Å². The van der Waals surface area contributed by atoms with Gasteiger partial charge in [-0.15, -0.1) is 0 Å². The number of amidine groups is 1. The van der Waals surface area contributed by atoms with Crippen molar-refractivity contribution in [3.63, 3.8) is 0 Å². The number of sulfone groups is 1. The van der Waals surface area contributed by atoms with E-state index in [4.69, 9.17) is 0 Å². The van der Waals surface area contributed by atoms with E-state index in [0.717, 1.165) is 0 Å². The number of aliphatic imine (C=N–C) groups is 1. The third-order valence-corrected chi connectivity index (χ3v) is 7.44. The van der Waals surface area contributed by atoms with Crippen molar-refractivity contribution in [1.29, 1.82) is 0 Å². The van der Waals surface area contributed by atoms with Gasteiger partial charge in [-0.25, -0.2) is 12.8 Å². The third-order valence-electron chi connectivity index (χ3n) is 4.30. The molecule has 2 aliphatic rings. The van der Waals surface area contributed by atoms with E-state index in [-0.39, 0.29) is 34.5 Å². The third kappa shape index (κ3) is 4.14. The zero-order valence-corrected chi connectivity index (χ0v) is 15.7. The van der Waals surface area contributed by atoms with Gasteiger partial charge in [0.25, 0.3) is 5.91 Å². The van der Waals surface area contributed by atoms with E-state index in [2.05, 4.69) is 15.6 Å². The number of nitrogens with zero attached hydrogens (tertiary/aromatic N) is 1. The SMILES string of the molecule is O=C(Nc1ccc(F)cc1)c1cccc(NC2=N[C@H]3CS(=O)(=O)C[C@@H]3S2)c1. The van der Waals surface area contributed by atoms with Crippen LogP contribution in [0.1, 0.15) is 10.4 Å². The minimum absolute atomic E-state index is 0.0394. The van der Waals surface area contributed by atoms with Gasteiger partial charge in [-0.1, -0.05) is 17.8 Å². The molecule has 4 rings (SSSR count). The number of amides is 1. The van der Waals surface area contributed by atoms with Crippen LogP contribution in [0.4, 0.5) is 15.8 Å². The van der Waals surface area contributed by atoms with Crippen LogP contribution in [0.5, 0.6) is 0 Å². The highest BCUT2D eigenvalue weighted by Gasteiger charge is 2.42. The predicted molar refractivity (Wildman–Crippen MR) is 106 cm³/mol. The molecular formula is C18H16FN3O3S2. The summed E-state index contributed by atoms with van der Waals surface area (Å²) in [4.78, 5) is 16.8. The summed E-state index contributed by atoms with van der Waals surface area (Å²) in [6.07, 6.45) is 0. The van der Waals surface area contributed by atoms with E-state index in [9.17, 15) is 17.6 Å². The summed E-state index contributed by atoms with van der Waals surface area (Å²) in [6, 6.07) is 12.3. The van der Waals surface area contributed by atoms with Crippen molar-refractivity contribution in [3.05, 3.63) is 59.9 Å². The molecular weight excluding hydrogens is 389 g/mol. The molecule has 0 bridgehead atoms. The van der Waals surface area contributed by atoms with Gasteiger partial charge < -0.3 is 10.6 Å². The summed E-state index contributed by atoms with van der Waals surface area (Å²) in [5, 5.41) is 6.49. The number of carbonyl (C=O) groups excluding carboxylic acids is 1. The number of benzene rings is 2. The molecule has 140 valence electrons. The lowest BCUT2D eigenvalue weighted by Gasteiger charge is -2.09. The molecule has 1 saturated heterocycles. The van der Waals surface area contributed by atoms with Gasteiger partial charge in [-0.3, -0.25) is 9.79 Å². The van der Waals surface area contributed by atoms with Gasteiger partial charge in [0, 0.05) is 22.2 Å². The first-order valence-corrected chi connectivity index (χ1v) is 11.0. The summed E-state index contributed by atoms with van der Waals surface area (Å²) in [5.74, 6) is -0.437. The number of rotatable bonds is 3. The molecule has 27 heavy (non-hydrogen) atoms. The van der Waals surface area contributed by atoms with Gasteiger partial charge in [0.05, 0.1) is 17.5 Å². The Balaban J connectivity index is 1.44. The fourth-order valence-electron chi connectivity index (χ4n) is 3.01. The number of halogens is 1. The van der Waals surface area contributed by atoms with Crippen LogP contribution in [0, 0.1) is 5.82 Å². The van der Waals surface area contributed by atoms with Crippen LogP contribution in [0.25, 0.3) is 0 Å². The number of nitrogens with one attached hydrogen (secondary N) is 2. The second kappa shape index (κ2) is 6.97. The molecule has 1 amide bonds. The van der Waals surface area contributed by atoms with Crippen molar-refractivity contribution in [1.82, 2.24) is 0 Å². The Morgan fingerprint density at radius 1 is 1.11 bits per heavy atom. The molecule has 0 spiro atoms. The van der Waals surface area contributed by atoms with Crippen LogP contribution in [-0.4, -0.2) is 42.3 Å². The van der Waals surface area contributed by atoms with Gasteiger partial charge in [-0.05, 0) is 42.5 Å². The van der Waals surface area contributed by atoms with Crippen LogP contribution in [0.15, 0.2) is 53.5 Å². The maximum Gasteiger partial charge on any atom is 0.255 e. The summed E-state index contributed by atoms with van der Waals surface area (Å²) in [5.41, 5.74) is 1.64. The first-order chi connectivity index (χ1) is 12.9. The van der Waals surface area contributed by atoms with Crippen LogP contribution in [-0.2, 0) is 9.84 Å². The molecule has 2 N–H and O–H groups in total. The minimum Gasteiger partial charge on any atom is -0.335 e. The highest BCUT2D eigenvalue weighted by atomic mass is 32.2. The lowest BCUT2D eigenvalue weighted by Crippen LogP contribution is -2.14. The molecule has 2 atom stereocenters. The van der Waals surface area contributed by atoms with E-state index >= 15 is 0 Å². The van der Waals surface area contributed by atoms with Crippen LogP contribution in [0.2, 0.25) is 0 Å². The average Bonchev–Trinajstić information content (AvgIpc) is 3.09. The number of carbonyl (C=O) groups is 1. The molecule has 0 saturated carbocycles. The van der Waals surface area contributed by atoms with Crippen molar-refractivity contribution < 1.29 is 17.6 Å². The first-order valence-electron chi connectivity index (χ1n) is 8.27. The lowest BCUT2D eigenvalue weighted by atomic mass is 10.2. The highest BCUT2D eigenvalue weighted by molar-refractivity contribution is 8.15. The van der Waals surface area contributed by atoms with E-state index in [1.54, 1.807) is 18.2 Å². The lowest BCUT2D eigenvalue weighted by molar-refractivity contribution is 0.102. The second-order valence-electron chi connectivity index (χ2n) is 6.40. The molecule has 6 nitrogen and oxygen atoms in total. The van der Waals surface area contributed by atoms with Crippen LogP contribution >= 0.6 is 11.8 Å². The largest absolute Gasteiger partial charge is 0.335 e. The van der Waals surface area contributed by atoms with Gasteiger partial charge in [0.1, 0.15) is 5.82 Å². The second-order valence-corrected chi connectivity index (χ2v) is 9.78. The Morgan fingerprint density at radius 3 is 2.63 bits per heavy atom. The van der Waals surface area contributed by atoms with Crippen molar-refractivity contribution in [2.45, 2.75) is 11.3 Å². The van der Waals surface area contributed by atoms with Crippen LogP contribution < -0.4 is 10.6 Å². The maximum absolute atomic E-state index is 13.0. The first kappa shape index (κ1) is 18.0. The van der Waals surface area contributed by atoms with Crippen molar-refractivity contribution in [2.75, 3.05) is 22.1 Å². The Morgan fingerprint density at radius 2 is 1.89 bits per heavy atom. The number of hydrogen-bond acceptors (Lipinski definition) is 6. The number of hydrogen-bond donors (Lipinski definition) is 2. The highest BCUT2D eigenvalue weighted by Crippen LogP contribution is 2.34. The van der Waals surface area contributed by atoms with Crippen molar-refractivity contribution >= 4 is 44.0 Å². The zero-order valence-electron chi connectivity index (χ0n) is 14.1. The molecule has 1 fully saturated rings. The molecule has 2 heterocycles. The monoisotopic (exact) mass is 405 g/mol. The number of fused-ring (bicyclic) bond motifs is 1. The Kier molecular flexibility index (Phi) is 4.65. The molecule has 2 aromatic rings. The van der Waals surface area contributed by atoms with Crippen molar-refractivity contribution in [2.24, 2.45) is 4.99 Å². The zero-order chi connectivity index (χ0) is 19.0. The quantitative estimate of drug-likeness (QED) is 0.820. The molecule has 0 aliphatic carbocycles. The average molecular weight is 405 g/mol. The Bertz CT molecular complexity index is 1020. The van der Waals surface area contributed by atoms with Gasteiger partial charge >= 0.3 is 0 Å². The van der Waals surface area contributed by atoms with Crippen LogP contribution in [0.3, 0.4) is 0 Å². The standard InChI is InChI=1S/C18H16FN3O3S2/c19-12-4-6-13(7-5-12)20-17(23)11-2-1-3-14(8-11)21-18-22-15-9-27(24,25)10-16(15)26-18/h1-8,15-16H,9-10H2,(H,20,23)(H,21,22)/t15-,16-/m0/s1. The molecule has 0 unspecified atom stereocenters. The predicted octanol–water partition coefficient (Wildman–Crippen LogP) is 2.76.